The molecule has 0 amide bonds. The number of aromatic hydroxyl groups is 2. The Balaban J connectivity index is 2.65. The second-order valence-corrected chi connectivity index (χ2v) is 7.24. The first-order valence-corrected chi connectivity index (χ1v) is 9.20. The van der Waals surface area contributed by atoms with Gasteiger partial charge in [0.2, 0.25) is 0 Å². The zero-order chi connectivity index (χ0) is 19.7. The maximum absolute atomic E-state index is 11.1. The van der Waals surface area contributed by atoms with Crippen molar-refractivity contribution in [2.75, 3.05) is 0 Å². The Morgan fingerprint density at radius 1 is 0.962 bits per heavy atom. The zero-order valence-corrected chi connectivity index (χ0v) is 16.7. The largest absolute Gasteiger partial charge is 0.508 e. The van der Waals surface area contributed by atoms with Crippen molar-refractivity contribution in [1.82, 2.24) is 0 Å². The van der Waals surface area contributed by atoms with Gasteiger partial charge >= 0.3 is 0 Å². The minimum Gasteiger partial charge on any atom is -0.508 e. The molecule has 0 saturated carbocycles. The number of phenols is 2. The first-order chi connectivity index (χ1) is 12.3. The first kappa shape index (κ1) is 21.8. The minimum atomic E-state index is -0.114. The average Bonchev–Trinajstić information content (AvgIpc) is 2.54. The van der Waals surface area contributed by atoms with Gasteiger partial charge in [0.25, 0.3) is 0 Å². The van der Waals surface area contributed by atoms with Crippen molar-refractivity contribution in [3.8, 4) is 11.5 Å². The van der Waals surface area contributed by atoms with Crippen LogP contribution >= 0.6 is 0 Å². The monoisotopic (exact) mass is 356 g/mol. The van der Waals surface area contributed by atoms with Crippen LogP contribution in [0.3, 0.4) is 0 Å². The van der Waals surface area contributed by atoms with Gasteiger partial charge in [-0.1, -0.05) is 34.9 Å². The number of aldehydes is 1. The predicted molar refractivity (Wildman–Crippen MR) is 109 cm³/mol. The van der Waals surface area contributed by atoms with E-state index >= 15 is 0 Å². The van der Waals surface area contributed by atoms with Crippen molar-refractivity contribution in [1.29, 1.82) is 0 Å². The average molecular weight is 357 g/mol. The maximum Gasteiger partial charge on any atom is 0.154 e. The molecule has 1 rings (SSSR count). The summed E-state index contributed by atoms with van der Waals surface area (Å²) in [5.74, 6) is -0.0822. The van der Waals surface area contributed by atoms with E-state index in [1.807, 2.05) is 6.08 Å². The van der Waals surface area contributed by atoms with Crippen LogP contribution < -0.4 is 0 Å². The Labute approximate surface area is 157 Å². The van der Waals surface area contributed by atoms with Gasteiger partial charge in [-0.05, 0) is 78.4 Å². The van der Waals surface area contributed by atoms with Crippen molar-refractivity contribution >= 4 is 6.29 Å². The van der Waals surface area contributed by atoms with Crippen LogP contribution in [0.15, 0.2) is 41.0 Å². The lowest BCUT2D eigenvalue weighted by atomic mass is 9.99. The third-order valence-electron chi connectivity index (χ3n) is 4.52. The number of benzene rings is 1. The third-order valence-corrected chi connectivity index (χ3v) is 4.52. The predicted octanol–water partition coefficient (Wildman–Crippen LogP) is 6.18. The van der Waals surface area contributed by atoms with Gasteiger partial charge in [-0.3, -0.25) is 4.79 Å². The molecule has 142 valence electrons. The molecule has 1 aromatic rings. The molecule has 0 fully saturated rings. The Hall–Kier alpha value is -2.29. The van der Waals surface area contributed by atoms with Crippen molar-refractivity contribution < 1.29 is 15.0 Å². The number of carbonyl (C=O) groups is 1. The number of hydrogen-bond acceptors (Lipinski definition) is 3. The van der Waals surface area contributed by atoms with Crippen molar-refractivity contribution in [2.24, 2.45) is 0 Å². The van der Waals surface area contributed by atoms with E-state index in [-0.39, 0.29) is 17.1 Å². The molecule has 0 aliphatic rings. The highest BCUT2D eigenvalue weighted by Gasteiger charge is 2.14. The molecule has 0 bridgehead atoms. The minimum absolute atomic E-state index is 0.0321. The Morgan fingerprint density at radius 3 is 2.12 bits per heavy atom. The van der Waals surface area contributed by atoms with Crippen molar-refractivity contribution in [3.05, 3.63) is 57.7 Å². The summed E-state index contributed by atoms with van der Waals surface area (Å²) in [6.07, 6.45) is 11.7. The number of phenolic OH excluding ortho intramolecular Hbond substituents is 2. The lowest BCUT2D eigenvalue weighted by molar-refractivity contribution is 0.112. The molecule has 0 radical (unpaired) electrons. The lowest BCUT2D eigenvalue weighted by Gasteiger charge is -2.10. The van der Waals surface area contributed by atoms with E-state index in [2.05, 4.69) is 39.8 Å². The van der Waals surface area contributed by atoms with Crippen LogP contribution in [0.5, 0.6) is 11.5 Å². The molecule has 3 nitrogen and oxygen atoms in total. The fourth-order valence-corrected chi connectivity index (χ4v) is 2.81. The van der Waals surface area contributed by atoms with Crippen LogP contribution in [0, 0.1) is 6.92 Å². The van der Waals surface area contributed by atoms with Gasteiger partial charge in [-0.15, -0.1) is 0 Å². The van der Waals surface area contributed by atoms with Crippen LogP contribution in [-0.4, -0.2) is 16.5 Å². The van der Waals surface area contributed by atoms with E-state index in [0.717, 1.165) is 25.7 Å². The SMILES string of the molecule is CC(C)=CCCC(C)=CCCC(C)=CCc1c(O)cc(C)c(C=O)c1O. The number of hydrogen-bond donors (Lipinski definition) is 2. The Kier molecular flexibility index (Phi) is 8.91. The van der Waals surface area contributed by atoms with Crippen LogP contribution in [0.25, 0.3) is 0 Å². The van der Waals surface area contributed by atoms with E-state index in [9.17, 15) is 15.0 Å². The van der Waals surface area contributed by atoms with E-state index in [1.165, 1.54) is 22.8 Å². The van der Waals surface area contributed by atoms with E-state index < -0.39 is 0 Å². The topological polar surface area (TPSA) is 57.5 Å². The smallest absolute Gasteiger partial charge is 0.154 e. The highest BCUT2D eigenvalue weighted by Crippen LogP contribution is 2.33. The molecule has 26 heavy (non-hydrogen) atoms. The van der Waals surface area contributed by atoms with Crippen LogP contribution in [-0.2, 0) is 6.42 Å². The molecule has 3 heteroatoms. The summed E-state index contributed by atoms with van der Waals surface area (Å²) in [5, 5.41) is 20.3. The standard InChI is InChI=1S/C23H32O3/c1-16(2)8-6-9-17(3)10-7-11-18(4)12-13-20-22(25)14-19(5)21(15-24)23(20)26/h8,10,12,14-15,25-26H,6-7,9,11,13H2,1-5H3. The molecule has 0 aromatic heterocycles. The first-order valence-electron chi connectivity index (χ1n) is 9.20. The van der Waals surface area contributed by atoms with Gasteiger partial charge in [0.1, 0.15) is 11.5 Å². The lowest BCUT2D eigenvalue weighted by Crippen LogP contribution is -1.94. The molecule has 0 aliphatic carbocycles. The number of aryl methyl sites for hydroxylation is 1. The number of carbonyl (C=O) groups excluding carboxylic acids is 1. The fourth-order valence-electron chi connectivity index (χ4n) is 2.81. The Bertz CT molecular complexity index is 717. The molecule has 0 spiro atoms. The van der Waals surface area contributed by atoms with Crippen molar-refractivity contribution in [3.63, 3.8) is 0 Å². The van der Waals surface area contributed by atoms with Crippen molar-refractivity contribution in [2.45, 2.75) is 66.7 Å². The van der Waals surface area contributed by atoms with Gasteiger partial charge in [-0.25, -0.2) is 0 Å². The molecule has 1 aromatic carbocycles. The summed E-state index contributed by atoms with van der Waals surface area (Å²) < 4.78 is 0. The highest BCUT2D eigenvalue weighted by molar-refractivity contribution is 5.83. The van der Waals surface area contributed by atoms with Crippen LogP contribution in [0.2, 0.25) is 0 Å². The van der Waals surface area contributed by atoms with Gasteiger partial charge in [0, 0.05) is 5.56 Å². The number of allylic oxidation sites excluding steroid dienone is 6. The molecule has 2 N–H and O–H groups in total. The second-order valence-electron chi connectivity index (χ2n) is 7.24. The highest BCUT2D eigenvalue weighted by atomic mass is 16.3. The molecular weight excluding hydrogens is 324 g/mol. The molecule has 0 saturated heterocycles. The summed E-state index contributed by atoms with van der Waals surface area (Å²) in [4.78, 5) is 11.1. The summed E-state index contributed by atoms with van der Waals surface area (Å²) in [6.45, 7) is 10.2. The molecule has 0 unspecified atom stereocenters. The summed E-state index contributed by atoms with van der Waals surface area (Å²) in [6, 6.07) is 1.53. The van der Waals surface area contributed by atoms with Crippen LogP contribution in [0.4, 0.5) is 0 Å². The zero-order valence-electron chi connectivity index (χ0n) is 16.7. The van der Waals surface area contributed by atoms with Gasteiger partial charge in [-0.2, -0.15) is 0 Å². The summed E-state index contributed by atoms with van der Waals surface area (Å²) in [7, 11) is 0. The van der Waals surface area contributed by atoms with Gasteiger partial charge in [0.15, 0.2) is 6.29 Å². The van der Waals surface area contributed by atoms with E-state index in [4.69, 9.17) is 0 Å². The fraction of sp³-hybridized carbons (Fsp3) is 0.435. The normalized spacial score (nSPS) is 12.2. The molecule has 0 heterocycles. The quantitative estimate of drug-likeness (QED) is 0.410. The van der Waals surface area contributed by atoms with Gasteiger partial charge < -0.3 is 10.2 Å². The maximum atomic E-state index is 11.1. The van der Waals surface area contributed by atoms with E-state index in [0.29, 0.717) is 23.8 Å². The second kappa shape index (κ2) is 10.6. The molecular formula is C23H32O3. The van der Waals surface area contributed by atoms with Crippen LogP contribution in [0.1, 0.15) is 74.9 Å². The Morgan fingerprint density at radius 2 is 1.54 bits per heavy atom. The van der Waals surface area contributed by atoms with Gasteiger partial charge in [0.05, 0.1) is 5.56 Å². The third kappa shape index (κ3) is 6.91. The molecule has 0 atom stereocenters. The van der Waals surface area contributed by atoms with E-state index in [1.54, 1.807) is 6.92 Å². The molecule has 0 aliphatic heterocycles. The summed E-state index contributed by atoms with van der Waals surface area (Å²) >= 11 is 0. The summed E-state index contributed by atoms with van der Waals surface area (Å²) in [5.41, 5.74) is 5.19. The number of rotatable bonds is 9.